The SMILES string of the molecule is C=C[Si](C=C)(c1ccccn1)c1ccccn1. The van der Waals surface area contributed by atoms with E-state index in [0.717, 1.165) is 10.6 Å². The first-order chi connectivity index (χ1) is 8.33. The van der Waals surface area contributed by atoms with Crippen molar-refractivity contribution in [3.8, 4) is 0 Å². The van der Waals surface area contributed by atoms with Gasteiger partial charge in [-0.05, 0) is 24.3 Å². The van der Waals surface area contributed by atoms with Gasteiger partial charge in [0.1, 0.15) is 0 Å². The fraction of sp³-hybridized carbons (Fsp3) is 0. The van der Waals surface area contributed by atoms with Crippen LogP contribution < -0.4 is 10.6 Å². The standard InChI is InChI=1S/C14H14N2Si/c1-3-17(4-2,13-9-5-7-11-15-13)14-10-6-8-12-16-14/h3-12H,1-2H2. The Kier molecular flexibility index (Phi) is 3.30. The summed E-state index contributed by atoms with van der Waals surface area (Å²) in [5.74, 6) is 0. The molecule has 0 atom stereocenters. The van der Waals surface area contributed by atoms with Crippen LogP contribution in [0.4, 0.5) is 0 Å². The summed E-state index contributed by atoms with van der Waals surface area (Å²) in [5.41, 5.74) is 3.93. The van der Waals surface area contributed by atoms with Gasteiger partial charge in [0.15, 0.2) is 0 Å². The first-order valence-electron chi connectivity index (χ1n) is 5.43. The minimum Gasteiger partial charge on any atom is -0.265 e. The second kappa shape index (κ2) is 4.89. The fourth-order valence-electron chi connectivity index (χ4n) is 1.85. The Morgan fingerprint density at radius 2 is 1.29 bits per heavy atom. The van der Waals surface area contributed by atoms with Gasteiger partial charge >= 0.3 is 0 Å². The lowest BCUT2D eigenvalue weighted by molar-refractivity contribution is 1.35. The van der Waals surface area contributed by atoms with Gasteiger partial charge in [0.2, 0.25) is 8.07 Å². The Labute approximate surface area is 102 Å². The van der Waals surface area contributed by atoms with Gasteiger partial charge in [-0.15, -0.1) is 13.2 Å². The van der Waals surface area contributed by atoms with Crippen LogP contribution in [0.1, 0.15) is 0 Å². The van der Waals surface area contributed by atoms with E-state index in [0.29, 0.717) is 0 Å². The van der Waals surface area contributed by atoms with E-state index in [9.17, 15) is 0 Å². The van der Waals surface area contributed by atoms with Crippen LogP contribution in [-0.4, -0.2) is 18.0 Å². The maximum atomic E-state index is 4.45. The number of hydrogen-bond donors (Lipinski definition) is 0. The minimum atomic E-state index is -2.19. The molecule has 0 bridgehead atoms. The Bertz CT molecular complexity index is 459. The van der Waals surface area contributed by atoms with Crippen molar-refractivity contribution in [2.24, 2.45) is 0 Å². The molecule has 2 heterocycles. The molecule has 0 N–H and O–H groups in total. The summed E-state index contributed by atoms with van der Waals surface area (Å²) in [6.45, 7) is 7.93. The third kappa shape index (κ3) is 1.97. The van der Waals surface area contributed by atoms with Crippen LogP contribution in [0.25, 0.3) is 0 Å². The molecule has 0 aliphatic carbocycles. The summed E-state index contributed by atoms with van der Waals surface area (Å²) in [6.07, 6.45) is 3.60. The van der Waals surface area contributed by atoms with Gasteiger partial charge in [-0.1, -0.05) is 23.5 Å². The second-order valence-corrected chi connectivity index (χ2v) is 7.29. The molecule has 0 saturated carbocycles. The molecule has 2 rings (SSSR count). The van der Waals surface area contributed by atoms with E-state index in [1.807, 2.05) is 47.8 Å². The van der Waals surface area contributed by atoms with E-state index in [4.69, 9.17) is 0 Å². The predicted molar refractivity (Wildman–Crippen MR) is 73.9 cm³/mol. The molecule has 2 nitrogen and oxygen atoms in total. The molecule has 0 saturated heterocycles. The van der Waals surface area contributed by atoms with Gasteiger partial charge in [0.25, 0.3) is 0 Å². The number of aromatic nitrogens is 2. The Balaban J connectivity index is 2.62. The van der Waals surface area contributed by atoms with Crippen LogP contribution in [0.15, 0.2) is 73.3 Å². The van der Waals surface area contributed by atoms with Crippen LogP contribution in [0.5, 0.6) is 0 Å². The lowest BCUT2D eigenvalue weighted by atomic mass is 10.5. The monoisotopic (exact) mass is 238 g/mol. The molecule has 0 unspecified atom stereocenters. The van der Waals surface area contributed by atoms with Crippen molar-refractivity contribution in [1.82, 2.24) is 9.97 Å². The summed E-state index contributed by atoms with van der Waals surface area (Å²) in [4.78, 5) is 8.90. The number of nitrogens with zero attached hydrogens (tertiary/aromatic N) is 2. The molecule has 0 spiro atoms. The molecule has 2 aromatic heterocycles. The smallest absolute Gasteiger partial charge is 0.208 e. The van der Waals surface area contributed by atoms with Crippen molar-refractivity contribution in [2.45, 2.75) is 0 Å². The highest BCUT2D eigenvalue weighted by Gasteiger charge is 2.33. The molecule has 0 fully saturated rings. The van der Waals surface area contributed by atoms with Crippen LogP contribution in [-0.2, 0) is 0 Å². The molecular formula is C14H14N2Si. The summed E-state index contributed by atoms with van der Waals surface area (Å²) >= 11 is 0. The zero-order valence-electron chi connectivity index (χ0n) is 9.58. The third-order valence-corrected chi connectivity index (χ3v) is 6.40. The van der Waals surface area contributed by atoms with Gasteiger partial charge in [-0.3, -0.25) is 9.97 Å². The minimum absolute atomic E-state index is 1.02. The van der Waals surface area contributed by atoms with E-state index in [1.165, 1.54) is 0 Å². The van der Waals surface area contributed by atoms with E-state index in [2.05, 4.69) is 23.1 Å². The zero-order valence-corrected chi connectivity index (χ0v) is 10.6. The normalized spacial score (nSPS) is 10.8. The van der Waals surface area contributed by atoms with E-state index < -0.39 is 8.07 Å². The third-order valence-electron chi connectivity index (χ3n) is 2.82. The van der Waals surface area contributed by atoms with Gasteiger partial charge in [0, 0.05) is 23.0 Å². The van der Waals surface area contributed by atoms with E-state index in [1.54, 1.807) is 12.4 Å². The quantitative estimate of drug-likeness (QED) is 0.754. The predicted octanol–water partition coefficient (Wildman–Crippen LogP) is 1.49. The highest BCUT2D eigenvalue weighted by molar-refractivity contribution is 7.08. The van der Waals surface area contributed by atoms with E-state index in [-0.39, 0.29) is 0 Å². The summed E-state index contributed by atoms with van der Waals surface area (Å²) in [5, 5.41) is 2.03. The molecule has 0 aliphatic heterocycles. The Hall–Kier alpha value is -2.00. The summed E-state index contributed by atoms with van der Waals surface area (Å²) < 4.78 is 0. The Morgan fingerprint density at radius 1 is 0.824 bits per heavy atom. The van der Waals surface area contributed by atoms with Crippen LogP contribution in [0.2, 0.25) is 0 Å². The zero-order chi connectivity index (χ0) is 12.1. The van der Waals surface area contributed by atoms with Gasteiger partial charge in [0.05, 0.1) is 0 Å². The van der Waals surface area contributed by atoms with Gasteiger partial charge in [-0.2, -0.15) is 0 Å². The number of hydrogen-bond acceptors (Lipinski definition) is 2. The lowest BCUT2D eigenvalue weighted by Gasteiger charge is -2.22. The highest BCUT2D eigenvalue weighted by atomic mass is 28.3. The topological polar surface area (TPSA) is 25.8 Å². The highest BCUT2D eigenvalue weighted by Crippen LogP contribution is 2.04. The molecule has 0 amide bonds. The fourth-order valence-corrected chi connectivity index (χ4v) is 4.43. The Morgan fingerprint density at radius 3 is 1.59 bits per heavy atom. The number of pyridine rings is 2. The maximum absolute atomic E-state index is 4.45. The van der Waals surface area contributed by atoms with Crippen molar-refractivity contribution in [3.63, 3.8) is 0 Å². The molecule has 17 heavy (non-hydrogen) atoms. The summed E-state index contributed by atoms with van der Waals surface area (Å²) in [6, 6.07) is 11.8. The molecule has 0 radical (unpaired) electrons. The van der Waals surface area contributed by atoms with Gasteiger partial charge in [-0.25, -0.2) is 0 Å². The molecule has 84 valence electrons. The molecule has 2 aromatic rings. The first-order valence-corrected chi connectivity index (χ1v) is 7.59. The average Bonchev–Trinajstić information content (AvgIpc) is 2.43. The van der Waals surface area contributed by atoms with Crippen molar-refractivity contribution >= 4 is 18.7 Å². The second-order valence-electron chi connectivity index (χ2n) is 3.71. The molecule has 0 aliphatic rings. The summed E-state index contributed by atoms with van der Waals surface area (Å²) in [7, 11) is -2.19. The lowest BCUT2D eigenvalue weighted by Crippen LogP contribution is -2.57. The van der Waals surface area contributed by atoms with Crippen LogP contribution in [0, 0.1) is 0 Å². The number of rotatable bonds is 4. The van der Waals surface area contributed by atoms with Crippen molar-refractivity contribution in [2.75, 3.05) is 0 Å². The van der Waals surface area contributed by atoms with Crippen LogP contribution in [0.3, 0.4) is 0 Å². The molecule has 0 aromatic carbocycles. The van der Waals surface area contributed by atoms with E-state index >= 15 is 0 Å². The van der Waals surface area contributed by atoms with Gasteiger partial charge < -0.3 is 0 Å². The van der Waals surface area contributed by atoms with Crippen molar-refractivity contribution in [3.05, 3.63) is 73.3 Å². The average molecular weight is 238 g/mol. The first kappa shape index (κ1) is 11.5. The molecule has 3 heteroatoms. The van der Waals surface area contributed by atoms with Crippen molar-refractivity contribution < 1.29 is 0 Å². The molecular weight excluding hydrogens is 224 g/mol. The van der Waals surface area contributed by atoms with Crippen molar-refractivity contribution in [1.29, 1.82) is 0 Å². The van der Waals surface area contributed by atoms with Crippen LogP contribution >= 0.6 is 0 Å². The largest absolute Gasteiger partial charge is 0.265 e. The maximum Gasteiger partial charge on any atom is 0.208 e.